The molecule has 0 saturated heterocycles. The fourth-order valence-corrected chi connectivity index (χ4v) is 2.21. The fraction of sp³-hybridized carbons (Fsp3) is 0.500. The molecule has 102 valence electrons. The topological polar surface area (TPSA) is 92.8 Å². The third kappa shape index (κ3) is 6.17. The number of nitrogens with two attached hydrogens (primary N) is 1. The Morgan fingerprint density at radius 3 is 2.28 bits per heavy atom. The lowest BCUT2D eigenvalue weighted by molar-refractivity contribution is 0.283. The molecule has 0 spiro atoms. The highest BCUT2D eigenvalue weighted by molar-refractivity contribution is 7.46. The molecular formula is C12H20NO4P. The summed E-state index contributed by atoms with van der Waals surface area (Å²) in [5.74, 6) is 0.710. The van der Waals surface area contributed by atoms with Gasteiger partial charge in [0.25, 0.3) is 0 Å². The van der Waals surface area contributed by atoms with E-state index in [0.717, 1.165) is 18.4 Å². The largest absolute Gasteiger partial charge is 0.524 e. The van der Waals surface area contributed by atoms with Crippen LogP contribution < -0.4 is 10.3 Å². The summed E-state index contributed by atoms with van der Waals surface area (Å²) in [6.45, 7) is 4.24. The smallest absolute Gasteiger partial charge is 0.404 e. The van der Waals surface area contributed by atoms with Crippen LogP contribution in [-0.4, -0.2) is 15.8 Å². The van der Waals surface area contributed by atoms with Gasteiger partial charge in [0.1, 0.15) is 5.75 Å². The number of benzene rings is 1. The van der Waals surface area contributed by atoms with E-state index in [4.69, 9.17) is 15.5 Å². The number of rotatable bonds is 6. The van der Waals surface area contributed by atoms with Gasteiger partial charge in [-0.3, -0.25) is 9.79 Å². The molecule has 0 aliphatic heterocycles. The molecule has 6 heteroatoms. The lowest BCUT2D eigenvalue weighted by Crippen LogP contribution is -2.24. The van der Waals surface area contributed by atoms with E-state index in [-0.39, 0.29) is 11.8 Å². The minimum atomic E-state index is -4.47. The first-order valence-corrected chi connectivity index (χ1v) is 7.39. The fourth-order valence-electron chi connectivity index (χ4n) is 1.82. The van der Waals surface area contributed by atoms with E-state index < -0.39 is 7.82 Å². The Labute approximate surface area is 107 Å². The SMILES string of the molecule is CC(C)C[C@H](N)Cc1ccc(OP(=O)(O)O)cc1. The maximum Gasteiger partial charge on any atom is 0.524 e. The highest BCUT2D eigenvalue weighted by Crippen LogP contribution is 2.37. The van der Waals surface area contributed by atoms with Crippen molar-refractivity contribution in [3.63, 3.8) is 0 Å². The molecule has 1 rings (SSSR count). The lowest BCUT2D eigenvalue weighted by atomic mass is 9.98. The van der Waals surface area contributed by atoms with Crippen LogP contribution in [0.3, 0.4) is 0 Å². The Hall–Kier alpha value is -0.870. The Bertz CT molecular complexity index is 413. The molecule has 18 heavy (non-hydrogen) atoms. The highest BCUT2D eigenvalue weighted by Gasteiger charge is 2.15. The highest BCUT2D eigenvalue weighted by atomic mass is 31.2. The van der Waals surface area contributed by atoms with Gasteiger partial charge < -0.3 is 10.3 Å². The third-order valence-electron chi connectivity index (χ3n) is 2.42. The number of hydrogen-bond acceptors (Lipinski definition) is 3. The van der Waals surface area contributed by atoms with E-state index >= 15 is 0 Å². The molecule has 1 aromatic carbocycles. The average Bonchev–Trinajstić information content (AvgIpc) is 2.17. The van der Waals surface area contributed by atoms with Gasteiger partial charge in [-0.15, -0.1) is 0 Å². The summed E-state index contributed by atoms with van der Waals surface area (Å²) in [7, 11) is -4.47. The molecule has 0 fully saturated rings. The summed E-state index contributed by atoms with van der Waals surface area (Å²) in [4.78, 5) is 17.3. The zero-order chi connectivity index (χ0) is 13.8. The first kappa shape index (κ1) is 15.2. The zero-order valence-electron chi connectivity index (χ0n) is 10.6. The van der Waals surface area contributed by atoms with Gasteiger partial charge in [0.15, 0.2) is 0 Å². The Morgan fingerprint density at radius 1 is 1.28 bits per heavy atom. The van der Waals surface area contributed by atoms with Crippen molar-refractivity contribution in [1.29, 1.82) is 0 Å². The Balaban J connectivity index is 2.58. The number of phosphoric acid groups is 1. The zero-order valence-corrected chi connectivity index (χ0v) is 11.5. The molecule has 0 bridgehead atoms. The van der Waals surface area contributed by atoms with Crippen molar-refractivity contribution in [2.24, 2.45) is 11.7 Å². The maximum atomic E-state index is 10.6. The van der Waals surface area contributed by atoms with Gasteiger partial charge in [-0.1, -0.05) is 26.0 Å². The van der Waals surface area contributed by atoms with Gasteiger partial charge in [0.2, 0.25) is 0 Å². The molecule has 0 aliphatic rings. The molecule has 1 atom stereocenters. The second kappa shape index (κ2) is 6.34. The van der Waals surface area contributed by atoms with E-state index in [9.17, 15) is 4.57 Å². The summed E-state index contributed by atoms with van der Waals surface area (Å²) in [5, 5.41) is 0. The van der Waals surface area contributed by atoms with E-state index in [1.165, 1.54) is 12.1 Å². The van der Waals surface area contributed by atoms with Crippen molar-refractivity contribution in [3.8, 4) is 5.75 Å². The normalized spacial score (nSPS) is 13.7. The molecule has 0 amide bonds. The van der Waals surface area contributed by atoms with E-state index in [1.54, 1.807) is 12.1 Å². The van der Waals surface area contributed by atoms with Crippen LogP contribution in [-0.2, 0) is 11.0 Å². The predicted molar refractivity (Wildman–Crippen MR) is 70.2 cm³/mol. The summed E-state index contributed by atoms with van der Waals surface area (Å²) in [5.41, 5.74) is 7.02. The van der Waals surface area contributed by atoms with Crippen LogP contribution in [0.1, 0.15) is 25.8 Å². The third-order valence-corrected chi connectivity index (χ3v) is 2.87. The molecular weight excluding hydrogens is 253 g/mol. The molecule has 0 heterocycles. The van der Waals surface area contributed by atoms with Crippen LogP contribution in [0, 0.1) is 5.92 Å². The molecule has 5 nitrogen and oxygen atoms in total. The summed E-state index contributed by atoms with van der Waals surface area (Å²) in [6.07, 6.45) is 1.69. The molecule has 0 aromatic heterocycles. The summed E-state index contributed by atoms with van der Waals surface area (Å²) >= 11 is 0. The second-order valence-electron chi connectivity index (χ2n) is 4.82. The molecule has 0 saturated carbocycles. The molecule has 1 aromatic rings. The van der Waals surface area contributed by atoms with Gasteiger partial charge >= 0.3 is 7.82 Å². The van der Waals surface area contributed by atoms with Crippen LogP contribution in [0.5, 0.6) is 5.75 Å². The van der Waals surface area contributed by atoms with E-state index in [1.807, 2.05) is 0 Å². The van der Waals surface area contributed by atoms with Gasteiger partial charge in [-0.25, -0.2) is 4.57 Å². The van der Waals surface area contributed by atoms with Gasteiger partial charge in [0, 0.05) is 6.04 Å². The lowest BCUT2D eigenvalue weighted by Gasteiger charge is -2.14. The van der Waals surface area contributed by atoms with Gasteiger partial charge in [-0.2, -0.15) is 0 Å². The van der Waals surface area contributed by atoms with Crippen LogP contribution in [0.15, 0.2) is 24.3 Å². The van der Waals surface area contributed by atoms with Crippen LogP contribution >= 0.6 is 7.82 Å². The van der Waals surface area contributed by atoms with Crippen molar-refractivity contribution >= 4 is 7.82 Å². The average molecular weight is 273 g/mol. The van der Waals surface area contributed by atoms with Crippen LogP contribution in [0.25, 0.3) is 0 Å². The van der Waals surface area contributed by atoms with Crippen molar-refractivity contribution in [3.05, 3.63) is 29.8 Å². The number of phosphoric ester groups is 1. The van der Waals surface area contributed by atoms with Crippen LogP contribution in [0.4, 0.5) is 0 Å². The van der Waals surface area contributed by atoms with Crippen molar-refractivity contribution in [2.45, 2.75) is 32.7 Å². The molecule has 0 unspecified atom stereocenters. The van der Waals surface area contributed by atoms with Crippen molar-refractivity contribution < 1.29 is 18.9 Å². The Morgan fingerprint density at radius 2 is 1.83 bits per heavy atom. The Kier molecular flexibility index (Phi) is 5.35. The first-order chi connectivity index (χ1) is 8.26. The van der Waals surface area contributed by atoms with E-state index in [0.29, 0.717) is 5.92 Å². The predicted octanol–water partition coefficient (Wildman–Crippen LogP) is 2.07. The summed E-state index contributed by atoms with van der Waals surface area (Å²) in [6, 6.07) is 6.71. The quantitative estimate of drug-likeness (QED) is 0.690. The van der Waals surface area contributed by atoms with Crippen LogP contribution in [0.2, 0.25) is 0 Å². The van der Waals surface area contributed by atoms with Gasteiger partial charge in [-0.05, 0) is 36.5 Å². The number of hydrogen-bond donors (Lipinski definition) is 3. The van der Waals surface area contributed by atoms with E-state index in [2.05, 4.69) is 18.4 Å². The molecule has 0 aliphatic carbocycles. The van der Waals surface area contributed by atoms with Gasteiger partial charge in [0.05, 0.1) is 0 Å². The molecule has 4 N–H and O–H groups in total. The second-order valence-corrected chi connectivity index (χ2v) is 5.98. The molecule has 0 radical (unpaired) electrons. The minimum absolute atomic E-state index is 0.0959. The minimum Gasteiger partial charge on any atom is -0.404 e. The maximum absolute atomic E-state index is 10.6. The monoisotopic (exact) mass is 273 g/mol. The standard InChI is InChI=1S/C12H20NO4P/c1-9(2)7-11(13)8-10-3-5-12(6-4-10)17-18(14,15)16/h3-6,9,11H,7-8,13H2,1-2H3,(H2,14,15,16)/t11-/m0/s1. The first-order valence-electron chi connectivity index (χ1n) is 5.86. The summed E-state index contributed by atoms with van der Waals surface area (Å²) < 4.78 is 15.1. The van der Waals surface area contributed by atoms with Crippen molar-refractivity contribution in [1.82, 2.24) is 0 Å². The van der Waals surface area contributed by atoms with Crippen molar-refractivity contribution in [2.75, 3.05) is 0 Å².